The van der Waals surface area contributed by atoms with Crippen molar-refractivity contribution >= 4 is 39.7 Å². The number of nitrogens with zero attached hydrogens (tertiary/aromatic N) is 1. The quantitative estimate of drug-likeness (QED) is 0.909. The second-order valence-electron chi connectivity index (χ2n) is 3.08. The molecule has 0 unspecified atom stereocenters. The highest BCUT2D eigenvalue weighted by atomic mass is 35.5. The number of benzene rings is 1. The number of hydrogen-bond donors (Lipinski definition) is 1. The van der Waals surface area contributed by atoms with E-state index in [1.165, 1.54) is 17.4 Å². The van der Waals surface area contributed by atoms with E-state index in [0.717, 1.165) is 10.7 Å². The van der Waals surface area contributed by atoms with Crippen LogP contribution in [0.5, 0.6) is 0 Å². The average Bonchev–Trinajstić information content (AvgIpc) is 2.66. The minimum Gasteiger partial charge on any atom is -0.357 e. The molecule has 1 aromatic carbocycles. The van der Waals surface area contributed by atoms with Gasteiger partial charge in [-0.25, -0.2) is 9.37 Å². The maximum absolute atomic E-state index is 12.9. The molecular weight excluding hydrogens is 270 g/mol. The SMILES string of the molecule is Fc1ccc(CNc2nc(Cl)cs2)cc1Cl. The minimum absolute atomic E-state index is 0.122. The van der Waals surface area contributed by atoms with Crippen LogP contribution in [0.15, 0.2) is 23.6 Å². The lowest BCUT2D eigenvalue weighted by atomic mass is 10.2. The molecule has 1 aromatic heterocycles. The molecule has 0 aliphatic heterocycles. The molecule has 2 rings (SSSR count). The molecule has 1 heterocycles. The normalized spacial score (nSPS) is 10.4. The van der Waals surface area contributed by atoms with Gasteiger partial charge in [0.05, 0.1) is 5.02 Å². The van der Waals surface area contributed by atoms with Crippen LogP contribution in [0.2, 0.25) is 10.2 Å². The predicted octanol–water partition coefficient (Wildman–Crippen LogP) is 4.20. The zero-order valence-electron chi connectivity index (χ0n) is 8.01. The van der Waals surface area contributed by atoms with Crippen LogP contribution in [-0.4, -0.2) is 4.98 Å². The first kappa shape index (κ1) is 11.6. The molecule has 84 valence electrons. The average molecular weight is 277 g/mol. The first-order valence-corrected chi connectivity index (χ1v) is 6.07. The van der Waals surface area contributed by atoms with Crippen molar-refractivity contribution in [1.29, 1.82) is 0 Å². The molecule has 0 fully saturated rings. The number of anilines is 1. The molecule has 0 spiro atoms. The number of halogens is 3. The Hall–Kier alpha value is -0.840. The molecule has 2 aromatic rings. The number of hydrogen-bond acceptors (Lipinski definition) is 3. The first-order chi connectivity index (χ1) is 7.65. The fourth-order valence-electron chi connectivity index (χ4n) is 1.16. The van der Waals surface area contributed by atoms with E-state index in [9.17, 15) is 4.39 Å². The Kier molecular flexibility index (Phi) is 3.63. The summed E-state index contributed by atoms with van der Waals surface area (Å²) in [5, 5.41) is 6.12. The topological polar surface area (TPSA) is 24.9 Å². The van der Waals surface area contributed by atoms with Crippen molar-refractivity contribution in [3.63, 3.8) is 0 Å². The number of rotatable bonds is 3. The highest BCUT2D eigenvalue weighted by molar-refractivity contribution is 7.14. The van der Waals surface area contributed by atoms with Gasteiger partial charge < -0.3 is 5.32 Å². The van der Waals surface area contributed by atoms with Crippen LogP contribution in [-0.2, 0) is 6.54 Å². The van der Waals surface area contributed by atoms with Crippen molar-refractivity contribution in [3.05, 3.63) is 45.1 Å². The Labute approximate surface area is 106 Å². The van der Waals surface area contributed by atoms with E-state index in [1.807, 2.05) is 0 Å². The predicted molar refractivity (Wildman–Crippen MR) is 65.9 cm³/mol. The highest BCUT2D eigenvalue weighted by Crippen LogP contribution is 2.21. The second kappa shape index (κ2) is 4.99. The Morgan fingerprint density at radius 1 is 1.38 bits per heavy atom. The molecule has 0 aliphatic rings. The van der Waals surface area contributed by atoms with Crippen molar-refractivity contribution in [2.75, 3.05) is 5.32 Å². The highest BCUT2D eigenvalue weighted by Gasteiger charge is 2.02. The minimum atomic E-state index is -0.414. The number of thiazole rings is 1. The van der Waals surface area contributed by atoms with E-state index in [1.54, 1.807) is 17.5 Å². The Morgan fingerprint density at radius 2 is 2.19 bits per heavy atom. The molecule has 0 aliphatic carbocycles. The Morgan fingerprint density at radius 3 is 2.81 bits per heavy atom. The van der Waals surface area contributed by atoms with Crippen molar-refractivity contribution in [3.8, 4) is 0 Å². The maximum Gasteiger partial charge on any atom is 0.184 e. The summed E-state index contributed by atoms with van der Waals surface area (Å²) < 4.78 is 12.9. The van der Waals surface area contributed by atoms with Crippen LogP contribution >= 0.6 is 34.5 Å². The van der Waals surface area contributed by atoms with Gasteiger partial charge in [-0.15, -0.1) is 11.3 Å². The van der Waals surface area contributed by atoms with E-state index in [2.05, 4.69) is 10.3 Å². The van der Waals surface area contributed by atoms with Crippen LogP contribution in [0.4, 0.5) is 9.52 Å². The fraction of sp³-hybridized carbons (Fsp3) is 0.100. The zero-order chi connectivity index (χ0) is 11.5. The van der Waals surface area contributed by atoms with Gasteiger partial charge in [0.1, 0.15) is 11.0 Å². The summed E-state index contributed by atoms with van der Waals surface area (Å²) in [6.45, 7) is 0.532. The smallest absolute Gasteiger partial charge is 0.184 e. The lowest BCUT2D eigenvalue weighted by Gasteiger charge is -2.03. The summed E-state index contributed by atoms with van der Waals surface area (Å²) in [7, 11) is 0. The summed E-state index contributed by atoms with van der Waals surface area (Å²) in [5.41, 5.74) is 0.887. The van der Waals surface area contributed by atoms with E-state index in [4.69, 9.17) is 23.2 Å². The van der Waals surface area contributed by atoms with Crippen LogP contribution in [0.1, 0.15) is 5.56 Å². The fourth-order valence-corrected chi connectivity index (χ4v) is 2.20. The van der Waals surface area contributed by atoms with Crippen molar-refractivity contribution in [1.82, 2.24) is 4.98 Å². The van der Waals surface area contributed by atoms with Gasteiger partial charge in [-0.3, -0.25) is 0 Å². The van der Waals surface area contributed by atoms with Gasteiger partial charge in [0.2, 0.25) is 0 Å². The molecule has 0 bridgehead atoms. The molecule has 0 saturated carbocycles. The molecule has 16 heavy (non-hydrogen) atoms. The third-order valence-corrected chi connectivity index (χ3v) is 3.32. The standard InChI is InChI=1S/C10H7Cl2FN2S/c11-7-3-6(1-2-8(7)13)4-14-10-15-9(12)5-16-10/h1-3,5H,4H2,(H,14,15). The lowest BCUT2D eigenvalue weighted by molar-refractivity contribution is 0.627. The molecule has 0 radical (unpaired) electrons. The van der Waals surface area contributed by atoms with E-state index >= 15 is 0 Å². The van der Waals surface area contributed by atoms with Crippen LogP contribution in [0, 0.1) is 5.82 Å². The summed E-state index contributed by atoms with van der Waals surface area (Å²) in [6, 6.07) is 4.59. The zero-order valence-corrected chi connectivity index (χ0v) is 10.3. The third-order valence-electron chi connectivity index (χ3n) is 1.90. The Bertz CT molecular complexity index is 501. The summed E-state index contributed by atoms with van der Waals surface area (Å²) in [5.74, 6) is -0.414. The van der Waals surface area contributed by atoms with Gasteiger partial charge in [0.25, 0.3) is 0 Å². The van der Waals surface area contributed by atoms with E-state index < -0.39 is 5.82 Å². The molecule has 0 atom stereocenters. The van der Waals surface area contributed by atoms with Crippen LogP contribution in [0.25, 0.3) is 0 Å². The van der Waals surface area contributed by atoms with Gasteiger partial charge in [-0.05, 0) is 17.7 Å². The van der Waals surface area contributed by atoms with Gasteiger partial charge >= 0.3 is 0 Å². The molecule has 0 amide bonds. The largest absolute Gasteiger partial charge is 0.357 e. The summed E-state index contributed by atoms with van der Waals surface area (Å²) in [6.07, 6.45) is 0. The van der Waals surface area contributed by atoms with Gasteiger partial charge in [-0.1, -0.05) is 29.3 Å². The second-order valence-corrected chi connectivity index (χ2v) is 4.73. The molecule has 2 nitrogen and oxygen atoms in total. The van der Waals surface area contributed by atoms with Crippen LogP contribution in [0.3, 0.4) is 0 Å². The van der Waals surface area contributed by atoms with Gasteiger partial charge in [0, 0.05) is 11.9 Å². The van der Waals surface area contributed by atoms with Crippen LogP contribution < -0.4 is 5.32 Å². The summed E-state index contributed by atoms with van der Waals surface area (Å²) in [4.78, 5) is 4.03. The van der Waals surface area contributed by atoms with Gasteiger partial charge in [0.15, 0.2) is 5.13 Å². The van der Waals surface area contributed by atoms with Crippen molar-refractivity contribution in [2.45, 2.75) is 6.54 Å². The third kappa shape index (κ3) is 2.84. The molecule has 0 saturated heterocycles. The van der Waals surface area contributed by atoms with Gasteiger partial charge in [-0.2, -0.15) is 0 Å². The Balaban J connectivity index is 2.02. The van der Waals surface area contributed by atoms with E-state index in [-0.39, 0.29) is 5.02 Å². The first-order valence-electron chi connectivity index (χ1n) is 4.44. The molecule has 6 heteroatoms. The lowest BCUT2D eigenvalue weighted by Crippen LogP contribution is -1.99. The number of aromatic nitrogens is 1. The molecule has 1 N–H and O–H groups in total. The number of nitrogens with one attached hydrogen (secondary N) is 1. The van der Waals surface area contributed by atoms with E-state index in [0.29, 0.717) is 11.7 Å². The van der Waals surface area contributed by atoms with Crippen molar-refractivity contribution in [2.24, 2.45) is 0 Å². The molecular formula is C10H7Cl2FN2S. The summed E-state index contributed by atoms with van der Waals surface area (Å²) >= 11 is 12.8. The monoisotopic (exact) mass is 276 g/mol. The van der Waals surface area contributed by atoms with Crippen molar-refractivity contribution < 1.29 is 4.39 Å². The maximum atomic E-state index is 12.9.